The largest absolute Gasteiger partial charge is 0.489 e. The summed E-state index contributed by atoms with van der Waals surface area (Å²) in [4.78, 5) is 22.6. The summed E-state index contributed by atoms with van der Waals surface area (Å²) in [5.41, 5.74) is 5.21. The molecule has 4 aromatic rings. The van der Waals surface area contributed by atoms with E-state index in [-0.39, 0.29) is 18.0 Å². The van der Waals surface area contributed by atoms with Crippen molar-refractivity contribution in [1.29, 1.82) is 0 Å². The number of rotatable bonds is 8. The third kappa shape index (κ3) is 5.80. The van der Waals surface area contributed by atoms with E-state index in [2.05, 4.69) is 10.5 Å². The summed E-state index contributed by atoms with van der Waals surface area (Å²) in [7, 11) is 0. The zero-order valence-corrected chi connectivity index (χ0v) is 17.7. The molecule has 0 saturated carbocycles. The minimum Gasteiger partial charge on any atom is -0.489 e. The molecule has 0 aromatic heterocycles. The van der Waals surface area contributed by atoms with E-state index in [0.717, 1.165) is 27.5 Å². The number of carbonyl (C=O) groups is 1. The van der Waals surface area contributed by atoms with Crippen LogP contribution in [-0.2, 0) is 17.8 Å². The molecule has 4 aromatic carbocycles. The fraction of sp³-hybridized carbons (Fsp3) is 0.0769. The summed E-state index contributed by atoms with van der Waals surface area (Å²) in [6, 6.07) is 27.4. The van der Waals surface area contributed by atoms with Crippen LogP contribution in [0.4, 0.5) is 5.69 Å². The van der Waals surface area contributed by atoms with Gasteiger partial charge < -0.3 is 4.74 Å². The molecule has 7 heteroatoms. The molecule has 0 saturated heterocycles. The highest BCUT2D eigenvalue weighted by molar-refractivity contribution is 5.90. The van der Waals surface area contributed by atoms with Crippen molar-refractivity contribution in [2.45, 2.75) is 13.0 Å². The smallest absolute Gasteiger partial charge is 0.269 e. The second kappa shape index (κ2) is 10.2. The SMILES string of the molecule is O=C(Cc1cccc2ccccc12)N/N=C\c1ccc(OCc2ccc([N+](=O)[O-])cc2)cc1. The predicted octanol–water partition coefficient (Wildman–Crippen LogP) is 5.02. The maximum Gasteiger partial charge on any atom is 0.269 e. The lowest BCUT2D eigenvalue weighted by Crippen LogP contribution is -2.19. The van der Waals surface area contributed by atoms with E-state index in [1.54, 1.807) is 30.5 Å². The number of benzene rings is 4. The number of nitrogens with one attached hydrogen (secondary N) is 1. The third-order valence-corrected chi connectivity index (χ3v) is 5.07. The van der Waals surface area contributed by atoms with Crippen LogP contribution in [0.5, 0.6) is 5.75 Å². The Bertz CT molecular complexity index is 1290. The number of hydrogen-bond acceptors (Lipinski definition) is 5. The fourth-order valence-electron chi connectivity index (χ4n) is 3.37. The van der Waals surface area contributed by atoms with Gasteiger partial charge in [-0.3, -0.25) is 14.9 Å². The Labute approximate surface area is 190 Å². The van der Waals surface area contributed by atoms with Crippen molar-refractivity contribution in [2.75, 3.05) is 0 Å². The molecule has 33 heavy (non-hydrogen) atoms. The van der Waals surface area contributed by atoms with Crippen LogP contribution >= 0.6 is 0 Å². The van der Waals surface area contributed by atoms with Gasteiger partial charge >= 0.3 is 0 Å². The van der Waals surface area contributed by atoms with Crippen LogP contribution in [0, 0.1) is 10.1 Å². The van der Waals surface area contributed by atoms with Crippen molar-refractivity contribution < 1.29 is 14.5 Å². The average Bonchev–Trinajstić information content (AvgIpc) is 2.84. The molecule has 1 amide bonds. The molecule has 0 unspecified atom stereocenters. The summed E-state index contributed by atoms with van der Waals surface area (Å²) in [6.45, 7) is 0.301. The molecule has 4 rings (SSSR count). The van der Waals surface area contributed by atoms with Crippen molar-refractivity contribution in [3.63, 3.8) is 0 Å². The lowest BCUT2D eigenvalue weighted by atomic mass is 10.0. The lowest BCUT2D eigenvalue weighted by molar-refractivity contribution is -0.384. The Balaban J connectivity index is 1.28. The second-order valence-electron chi connectivity index (χ2n) is 7.39. The Morgan fingerprint density at radius 2 is 1.67 bits per heavy atom. The average molecular weight is 439 g/mol. The number of ether oxygens (including phenoxy) is 1. The number of carbonyl (C=O) groups excluding carboxylic acids is 1. The van der Waals surface area contributed by atoms with Crippen LogP contribution in [0.3, 0.4) is 0 Å². The first kappa shape index (κ1) is 21.7. The van der Waals surface area contributed by atoms with Crippen LogP contribution in [0.2, 0.25) is 0 Å². The van der Waals surface area contributed by atoms with Crippen molar-refractivity contribution in [3.05, 3.63) is 118 Å². The van der Waals surface area contributed by atoms with Gasteiger partial charge in [-0.1, -0.05) is 42.5 Å². The number of fused-ring (bicyclic) bond motifs is 1. The number of amides is 1. The summed E-state index contributed by atoms with van der Waals surface area (Å²) >= 11 is 0. The number of non-ortho nitro benzene ring substituents is 1. The summed E-state index contributed by atoms with van der Waals surface area (Å²) < 4.78 is 5.71. The molecular weight excluding hydrogens is 418 g/mol. The maximum absolute atomic E-state index is 12.3. The van der Waals surface area contributed by atoms with Gasteiger partial charge in [-0.2, -0.15) is 5.10 Å². The third-order valence-electron chi connectivity index (χ3n) is 5.07. The highest BCUT2D eigenvalue weighted by Crippen LogP contribution is 2.19. The summed E-state index contributed by atoms with van der Waals surface area (Å²) in [5, 5.41) is 16.9. The molecule has 0 bridgehead atoms. The van der Waals surface area contributed by atoms with Crippen molar-refractivity contribution >= 4 is 28.6 Å². The predicted molar refractivity (Wildman–Crippen MR) is 127 cm³/mol. The van der Waals surface area contributed by atoms with E-state index in [4.69, 9.17) is 4.74 Å². The molecule has 0 aliphatic heterocycles. The number of nitro benzene ring substituents is 1. The quantitative estimate of drug-likeness (QED) is 0.237. The van der Waals surface area contributed by atoms with E-state index in [0.29, 0.717) is 12.4 Å². The molecule has 1 N–H and O–H groups in total. The van der Waals surface area contributed by atoms with Gasteiger partial charge in [0.2, 0.25) is 5.91 Å². The summed E-state index contributed by atoms with van der Waals surface area (Å²) in [6.07, 6.45) is 1.81. The molecule has 0 fully saturated rings. The molecule has 164 valence electrons. The lowest BCUT2D eigenvalue weighted by Gasteiger charge is -2.06. The van der Waals surface area contributed by atoms with Crippen molar-refractivity contribution in [3.8, 4) is 5.75 Å². The zero-order chi connectivity index (χ0) is 23.0. The highest BCUT2D eigenvalue weighted by atomic mass is 16.6. The van der Waals surface area contributed by atoms with E-state index < -0.39 is 4.92 Å². The first-order valence-electron chi connectivity index (χ1n) is 10.3. The molecule has 0 atom stereocenters. The van der Waals surface area contributed by atoms with Gasteiger partial charge in [0.25, 0.3) is 5.69 Å². The van der Waals surface area contributed by atoms with Crippen LogP contribution < -0.4 is 10.2 Å². The Morgan fingerprint density at radius 3 is 2.42 bits per heavy atom. The minimum absolute atomic E-state index is 0.0478. The van der Waals surface area contributed by atoms with E-state index in [9.17, 15) is 14.9 Å². The molecule has 7 nitrogen and oxygen atoms in total. The number of hydrogen-bond donors (Lipinski definition) is 1. The van der Waals surface area contributed by atoms with Gasteiger partial charge in [-0.15, -0.1) is 0 Å². The van der Waals surface area contributed by atoms with Crippen molar-refractivity contribution in [1.82, 2.24) is 5.43 Å². The Morgan fingerprint density at radius 1 is 0.939 bits per heavy atom. The molecule has 0 heterocycles. The van der Waals surface area contributed by atoms with Crippen LogP contribution in [0.25, 0.3) is 10.8 Å². The standard InChI is InChI=1S/C26H21N3O4/c30-26(16-22-6-3-5-21-4-1-2-7-25(21)22)28-27-17-19-10-14-24(15-11-19)33-18-20-8-12-23(13-9-20)29(31)32/h1-15,17H,16,18H2,(H,28,30)/b27-17-. The normalized spacial score (nSPS) is 10.9. The molecule has 0 spiro atoms. The van der Waals surface area contributed by atoms with Crippen LogP contribution in [0.1, 0.15) is 16.7 Å². The van der Waals surface area contributed by atoms with E-state index in [1.807, 2.05) is 54.6 Å². The van der Waals surface area contributed by atoms with Crippen molar-refractivity contribution in [2.24, 2.45) is 5.10 Å². The number of hydrazone groups is 1. The van der Waals surface area contributed by atoms with Gasteiger partial charge in [-0.05, 0) is 63.9 Å². The highest BCUT2D eigenvalue weighted by Gasteiger charge is 2.06. The van der Waals surface area contributed by atoms with Crippen LogP contribution in [0.15, 0.2) is 96.1 Å². The first-order chi connectivity index (χ1) is 16.1. The minimum atomic E-state index is -0.434. The monoisotopic (exact) mass is 439 g/mol. The Hall–Kier alpha value is -4.52. The number of nitro groups is 1. The van der Waals surface area contributed by atoms with E-state index >= 15 is 0 Å². The van der Waals surface area contributed by atoms with Gasteiger partial charge in [0.15, 0.2) is 0 Å². The fourth-order valence-corrected chi connectivity index (χ4v) is 3.37. The molecule has 0 aliphatic carbocycles. The molecule has 0 aliphatic rings. The van der Waals surface area contributed by atoms with Crippen LogP contribution in [-0.4, -0.2) is 17.0 Å². The molecular formula is C26H21N3O4. The van der Waals surface area contributed by atoms with Gasteiger partial charge in [0.05, 0.1) is 17.6 Å². The van der Waals surface area contributed by atoms with Gasteiger partial charge in [-0.25, -0.2) is 5.43 Å². The second-order valence-corrected chi connectivity index (χ2v) is 7.39. The van der Waals surface area contributed by atoms with E-state index in [1.165, 1.54) is 12.1 Å². The number of nitrogens with zero attached hydrogens (tertiary/aromatic N) is 2. The molecule has 0 radical (unpaired) electrons. The topological polar surface area (TPSA) is 93.8 Å². The van der Waals surface area contributed by atoms with Gasteiger partial charge in [0.1, 0.15) is 12.4 Å². The zero-order valence-electron chi connectivity index (χ0n) is 17.7. The summed E-state index contributed by atoms with van der Waals surface area (Å²) in [5.74, 6) is 0.469. The maximum atomic E-state index is 12.3. The first-order valence-corrected chi connectivity index (χ1v) is 10.3. The Kier molecular flexibility index (Phi) is 6.70. The van der Waals surface area contributed by atoms with Gasteiger partial charge in [0, 0.05) is 12.1 Å².